The Morgan fingerprint density at radius 3 is 2.88 bits per heavy atom. The molecule has 0 radical (unpaired) electrons. The maximum atomic E-state index is 9.23. The van der Waals surface area contributed by atoms with Gasteiger partial charge in [-0.3, -0.25) is 4.90 Å². The van der Waals surface area contributed by atoms with Gasteiger partial charge in [0, 0.05) is 37.7 Å². The zero-order valence-corrected chi connectivity index (χ0v) is 14.3. The van der Waals surface area contributed by atoms with Gasteiger partial charge in [-0.15, -0.1) is 0 Å². The molecule has 0 amide bonds. The van der Waals surface area contributed by atoms with Gasteiger partial charge in [-0.05, 0) is 32.4 Å². The van der Waals surface area contributed by atoms with Crippen LogP contribution in [0.25, 0.3) is 0 Å². The number of nitriles is 1. The molecule has 1 aliphatic rings. The maximum Gasteiger partial charge on any atom is 0.183 e. The number of nitrogens with two attached hydrogens (primary N) is 1. The Morgan fingerprint density at radius 2 is 2.08 bits per heavy atom. The Morgan fingerprint density at radius 1 is 1.24 bits per heavy atom. The minimum Gasteiger partial charge on any atom is -0.384 e. The summed E-state index contributed by atoms with van der Waals surface area (Å²) in [6.45, 7) is 2.40. The summed E-state index contributed by atoms with van der Waals surface area (Å²) in [6, 6.07) is 4.25. The van der Waals surface area contributed by atoms with Crippen molar-refractivity contribution in [1.29, 1.82) is 5.26 Å². The number of hydrogen-bond donors (Lipinski definition) is 1. The second kappa shape index (κ2) is 7.85. The standard InChI is InChI=1S/C17H22N8/c1-24(12-16-21-6-4-15(19)23-16)13-3-2-9-25(10-5-13)17-14(11-18)20-7-8-22-17/h4,6-8,13H,2-3,5,9-10,12H2,1H3,(H2,19,21,23)/t13-/m1/s1. The van der Waals surface area contributed by atoms with E-state index in [1.807, 2.05) is 0 Å². The van der Waals surface area contributed by atoms with Gasteiger partial charge in [0.2, 0.25) is 0 Å². The average Bonchev–Trinajstić information content (AvgIpc) is 2.88. The first-order chi connectivity index (χ1) is 12.2. The maximum absolute atomic E-state index is 9.23. The summed E-state index contributed by atoms with van der Waals surface area (Å²) in [5.74, 6) is 1.92. The SMILES string of the molecule is CN(Cc1nccc(N)n1)[C@@H]1CCCN(c2nccnc2C#N)CC1. The fourth-order valence-corrected chi connectivity index (χ4v) is 3.22. The van der Waals surface area contributed by atoms with Gasteiger partial charge >= 0.3 is 0 Å². The van der Waals surface area contributed by atoms with Crippen molar-refractivity contribution in [3.8, 4) is 6.07 Å². The highest BCUT2D eigenvalue weighted by Gasteiger charge is 2.23. The van der Waals surface area contributed by atoms with E-state index in [2.05, 4.69) is 42.9 Å². The topological polar surface area (TPSA) is 108 Å². The van der Waals surface area contributed by atoms with Crippen LogP contribution >= 0.6 is 0 Å². The summed E-state index contributed by atoms with van der Waals surface area (Å²) >= 11 is 0. The number of aromatic nitrogens is 4. The third kappa shape index (κ3) is 4.19. The molecule has 0 aromatic carbocycles. The van der Waals surface area contributed by atoms with Crippen LogP contribution < -0.4 is 10.6 Å². The molecule has 3 heterocycles. The van der Waals surface area contributed by atoms with Crippen molar-refractivity contribution in [2.24, 2.45) is 0 Å². The fourth-order valence-electron chi connectivity index (χ4n) is 3.22. The molecule has 2 aromatic rings. The van der Waals surface area contributed by atoms with Crippen LogP contribution in [0, 0.1) is 11.3 Å². The Labute approximate surface area is 147 Å². The molecule has 1 aliphatic heterocycles. The molecule has 1 saturated heterocycles. The molecule has 0 bridgehead atoms. The molecule has 0 saturated carbocycles. The van der Waals surface area contributed by atoms with E-state index in [9.17, 15) is 5.26 Å². The van der Waals surface area contributed by atoms with Crippen LogP contribution in [0.2, 0.25) is 0 Å². The molecule has 8 heteroatoms. The molecule has 0 spiro atoms. The van der Waals surface area contributed by atoms with Crippen molar-refractivity contribution >= 4 is 11.6 Å². The third-order valence-corrected chi connectivity index (χ3v) is 4.52. The summed E-state index contributed by atoms with van der Waals surface area (Å²) in [5.41, 5.74) is 6.12. The van der Waals surface area contributed by atoms with Gasteiger partial charge in [0.25, 0.3) is 0 Å². The van der Waals surface area contributed by atoms with Gasteiger partial charge in [-0.2, -0.15) is 5.26 Å². The van der Waals surface area contributed by atoms with Crippen LogP contribution in [0.3, 0.4) is 0 Å². The number of nitrogens with zero attached hydrogens (tertiary/aromatic N) is 7. The van der Waals surface area contributed by atoms with Crippen LogP contribution in [0.1, 0.15) is 30.8 Å². The Hall–Kier alpha value is -2.79. The first-order valence-corrected chi connectivity index (χ1v) is 8.41. The van der Waals surface area contributed by atoms with E-state index < -0.39 is 0 Å². The van der Waals surface area contributed by atoms with E-state index in [4.69, 9.17) is 5.73 Å². The number of anilines is 2. The van der Waals surface area contributed by atoms with Crippen LogP contribution in [-0.2, 0) is 6.54 Å². The second-order valence-electron chi connectivity index (χ2n) is 6.22. The van der Waals surface area contributed by atoms with E-state index in [1.165, 1.54) is 0 Å². The Bertz CT molecular complexity index is 756. The van der Waals surface area contributed by atoms with Crippen LogP contribution in [0.4, 0.5) is 11.6 Å². The van der Waals surface area contributed by atoms with Crippen LogP contribution in [-0.4, -0.2) is 51.0 Å². The molecule has 2 N–H and O–H groups in total. The zero-order chi connectivity index (χ0) is 17.6. The molecule has 0 aliphatic carbocycles. The van der Waals surface area contributed by atoms with E-state index >= 15 is 0 Å². The van der Waals surface area contributed by atoms with Crippen LogP contribution in [0.15, 0.2) is 24.7 Å². The first kappa shape index (κ1) is 17.0. The van der Waals surface area contributed by atoms with E-state index in [-0.39, 0.29) is 0 Å². The minimum absolute atomic E-state index is 0.391. The molecule has 130 valence electrons. The van der Waals surface area contributed by atoms with E-state index in [0.717, 1.165) is 38.2 Å². The van der Waals surface area contributed by atoms with Gasteiger partial charge in [-0.25, -0.2) is 19.9 Å². The van der Waals surface area contributed by atoms with Gasteiger partial charge in [0.05, 0.1) is 6.54 Å². The monoisotopic (exact) mass is 338 g/mol. The summed E-state index contributed by atoms with van der Waals surface area (Å²) in [4.78, 5) is 21.5. The van der Waals surface area contributed by atoms with Crippen molar-refractivity contribution in [3.63, 3.8) is 0 Å². The van der Waals surface area contributed by atoms with Gasteiger partial charge in [0.1, 0.15) is 17.7 Å². The molecule has 8 nitrogen and oxygen atoms in total. The molecular formula is C17H22N8. The molecule has 3 rings (SSSR count). The number of rotatable bonds is 4. The highest BCUT2D eigenvalue weighted by atomic mass is 15.2. The lowest BCUT2D eigenvalue weighted by Gasteiger charge is -2.27. The van der Waals surface area contributed by atoms with Crippen molar-refractivity contribution in [1.82, 2.24) is 24.8 Å². The Kier molecular flexibility index (Phi) is 5.36. The summed E-state index contributed by atoms with van der Waals surface area (Å²) in [7, 11) is 2.09. The molecule has 1 atom stereocenters. The second-order valence-corrected chi connectivity index (χ2v) is 6.22. The molecular weight excluding hydrogens is 316 g/mol. The van der Waals surface area contributed by atoms with E-state index in [1.54, 1.807) is 24.7 Å². The lowest BCUT2D eigenvalue weighted by Crippen LogP contribution is -2.33. The lowest BCUT2D eigenvalue weighted by molar-refractivity contribution is 0.212. The van der Waals surface area contributed by atoms with Crippen LogP contribution in [0.5, 0.6) is 0 Å². The minimum atomic E-state index is 0.391. The molecule has 25 heavy (non-hydrogen) atoms. The van der Waals surface area contributed by atoms with Gasteiger partial charge < -0.3 is 10.6 Å². The summed E-state index contributed by atoms with van der Waals surface area (Å²) in [5, 5.41) is 9.23. The summed E-state index contributed by atoms with van der Waals surface area (Å²) in [6.07, 6.45) is 7.99. The third-order valence-electron chi connectivity index (χ3n) is 4.52. The number of hydrogen-bond acceptors (Lipinski definition) is 8. The fraction of sp³-hybridized carbons (Fsp3) is 0.471. The van der Waals surface area contributed by atoms with E-state index in [0.29, 0.717) is 29.9 Å². The first-order valence-electron chi connectivity index (χ1n) is 8.41. The molecule has 1 fully saturated rings. The Balaban J connectivity index is 1.64. The summed E-state index contributed by atoms with van der Waals surface area (Å²) < 4.78 is 0. The smallest absolute Gasteiger partial charge is 0.183 e. The molecule has 0 unspecified atom stereocenters. The quantitative estimate of drug-likeness (QED) is 0.886. The van der Waals surface area contributed by atoms with Crippen molar-refractivity contribution < 1.29 is 0 Å². The largest absolute Gasteiger partial charge is 0.384 e. The highest BCUT2D eigenvalue weighted by Crippen LogP contribution is 2.22. The number of nitrogen functional groups attached to an aromatic ring is 1. The highest BCUT2D eigenvalue weighted by molar-refractivity contribution is 5.49. The normalized spacial score (nSPS) is 18.0. The van der Waals surface area contributed by atoms with Crippen molar-refractivity contribution in [2.45, 2.75) is 31.8 Å². The van der Waals surface area contributed by atoms with Crippen molar-refractivity contribution in [3.05, 3.63) is 36.2 Å². The van der Waals surface area contributed by atoms with Gasteiger partial charge in [-0.1, -0.05) is 0 Å². The van der Waals surface area contributed by atoms with Crippen molar-refractivity contribution in [2.75, 3.05) is 30.8 Å². The predicted octanol–water partition coefficient (Wildman–Crippen LogP) is 1.21. The lowest BCUT2D eigenvalue weighted by atomic mass is 10.1. The zero-order valence-electron chi connectivity index (χ0n) is 14.3. The average molecular weight is 338 g/mol. The molecule has 2 aromatic heterocycles. The predicted molar refractivity (Wildman–Crippen MR) is 94.5 cm³/mol. The van der Waals surface area contributed by atoms with Gasteiger partial charge in [0.15, 0.2) is 11.5 Å².